The fourth-order valence-electron chi connectivity index (χ4n) is 2.12. The molecule has 0 saturated heterocycles. The fraction of sp³-hybridized carbons (Fsp3) is 0.375. The van der Waals surface area contributed by atoms with Crippen molar-refractivity contribution >= 4 is 12.1 Å². The van der Waals surface area contributed by atoms with Crippen molar-refractivity contribution in [2.24, 2.45) is 0 Å². The molecule has 0 bridgehead atoms. The van der Waals surface area contributed by atoms with Crippen LogP contribution in [0.1, 0.15) is 25.3 Å². The first-order chi connectivity index (χ1) is 10.2. The van der Waals surface area contributed by atoms with Crippen molar-refractivity contribution in [3.63, 3.8) is 0 Å². The van der Waals surface area contributed by atoms with Gasteiger partial charge >= 0.3 is 12.1 Å². The minimum atomic E-state index is -0.424. The van der Waals surface area contributed by atoms with Gasteiger partial charge in [-0.3, -0.25) is 9.69 Å². The molecule has 1 aliphatic heterocycles. The lowest BCUT2D eigenvalue weighted by Crippen LogP contribution is -2.41. The van der Waals surface area contributed by atoms with Crippen LogP contribution in [0.5, 0.6) is 0 Å². The highest BCUT2D eigenvalue weighted by molar-refractivity contribution is 5.70. The monoisotopic (exact) mass is 289 g/mol. The standard InChI is InChI=1S/C16H19NO4/c1-13(18)20-12-15-9-5-6-10-17(15)16(19)21-11-14-7-3-2-4-8-14/h2-4,6-8,10,15H,5,9,11-12H2,1H3. The molecule has 21 heavy (non-hydrogen) atoms. The van der Waals surface area contributed by atoms with Crippen LogP contribution in [0.3, 0.4) is 0 Å². The highest BCUT2D eigenvalue weighted by Crippen LogP contribution is 2.17. The summed E-state index contributed by atoms with van der Waals surface area (Å²) in [5.74, 6) is -0.345. The number of nitrogens with zero attached hydrogens (tertiary/aromatic N) is 1. The zero-order valence-electron chi connectivity index (χ0n) is 12.0. The maximum absolute atomic E-state index is 12.1. The van der Waals surface area contributed by atoms with Crippen LogP contribution in [0.25, 0.3) is 0 Å². The number of carbonyl (C=O) groups is 2. The largest absolute Gasteiger partial charge is 0.464 e. The van der Waals surface area contributed by atoms with E-state index in [-0.39, 0.29) is 25.2 Å². The van der Waals surface area contributed by atoms with Gasteiger partial charge in [-0.25, -0.2) is 4.79 Å². The maximum Gasteiger partial charge on any atom is 0.414 e. The molecule has 5 nitrogen and oxygen atoms in total. The summed E-state index contributed by atoms with van der Waals surface area (Å²) < 4.78 is 10.3. The van der Waals surface area contributed by atoms with Gasteiger partial charge in [-0.2, -0.15) is 0 Å². The summed E-state index contributed by atoms with van der Waals surface area (Å²) in [5, 5.41) is 0. The molecule has 0 aromatic heterocycles. The predicted octanol–water partition coefficient (Wildman–Crippen LogP) is 2.86. The summed E-state index contributed by atoms with van der Waals surface area (Å²) in [6, 6.07) is 9.34. The molecule has 0 N–H and O–H groups in total. The van der Waals surface area contributed by atoms with Crippen LogP contribution >= 0.6 is 0 Å². The van der Waals surface area contributed by atoms with Crippen LogP contribution in [0, 0.1) is 0 Å². The quantitative estimate of drug-likeness (QED) is 0.800. The van der Waals surface area contributed by atoms with Gasteiger partial charge in [0.1, 0.15) is 13.2 Å². The first kappa shape index (κ1) is 15.1. The van der Waals surface area contributed by atoms with E-state index in [1.54, 1.807) is 6.20 Å². The van der Waals surface area contributed by atoms with Gasteiger partial charge in [0.05, 0.1) is 6.04 Å². The second kappa shape index (κ2) is 7.47. The van der Waals surface area contributed by atoms with Gasteiger partial charge in [-0.1, -0.05) is 36.4 Å². The number of ether oxygens (including phenoxy) is 2. The molecule has 5 heteroatoms. The van der Waals surface area contributed by atoms with Gasteiger partial charge in [0.2, 0.25) is 0 Å². The Morgan fingerprint density at radius 2 is 2.00 bits per heavy atom. The number of amides is 1. The van der Waals surface area contributed by atoms with Gasteiger partial charge in [0.25, 0.3) is 0 Å². The van der Waals surface area contributed by atoms with E-state index in [0.29, 0.717) is 0 Å². The Kier molecular flexibility index (Phi) is 5.37. The van der Waals surface area contributed by atoms with Gasteiger partial charge in [0, 0.05) is 13.1 Å². The number of allylic oxidation sites excluding steroid dienone is 1. The fourth-order valence-corrected chi connectivity index (χ4v) is 2.12. The predicted molar refractivity (Wildman–Crippen MR) is 77.3 cm³/mol. The lowest BCUT2D eigenvalue weighted by Gasteiger charge is -2.30. The van der Waals surface area contributed by atoms with Crippen LogP contribution in [-0.4, -0.2) is 29.6 Å². The molecule has 1 aromatic carbocycles. The number of benzene rings is 1. The van der Waals surface area contributed by atoms with Crippen LogP contribution in [0.4, 0.5) is 4.79 Å². The summed E-state index contributed by atoms with van der Waals surface area (Å²) >= 11 is 0. The molecular formula is C16H19NO4. The Balaban J connectivity index is 1.90. The molecule has 0 saturated carbocycles. The average Bonchev–Trinajstić information content (AvgIpc) is 2.52. The van der Waals surface area contributed by atoms with E-state index in [0.717, 1.165) is 18.4 Å². The molecule has 0 aliphatic carbocycles. The Hall–Kier alpha value is -2.30. The number of rotatable bonds is 4. The Labute approximate surface area is 124 Å². The molecule has 1 aromatic rings. The number of hydrogen-bond donors (Lipinski definition) is 0. The highest BCUT2D eigenvalue weighted by Gasteiger charge is 2.26. The lowest BCUT2D eigenvalue weighted by molar-refractivity contribution is -0.142. The van der Waals surface area contributed by atoms with Gasteiger partial charge in [-0.05, 0) is 18.4 Å². The van der Waals surface area contributed by atoms with E-state index < -0.39 is 6.09 Å². The first-order valence-electron chi connectivity index (χ1n) is 6.96. The Bertz CT molecular complexity index is 512. The zero-order chi connectivity index (χ0) is 15.1. The van der Waals surface area contributed by atoms with Crippen molar-refractivity contribution in [2.45, 2.75) is 32.4 Å². The summed E-state index contributed by atoms with van der Waals surface area (Å²) in [5.41, 5.74) is 0.934. The van der Waals surface area contributed by atoms with E-state index in [2.05, 4.69) is 0 Å². The van der Waals surface area contributed by atoms with Crippen LogP contribution in [0.2, 0.25) is 0 Å². The molecule has 1 heterocycles. The van der Waals surface area contributed by atoms with E-state index in [1.807, 2.05) is 36.4 Å². The van der Waals surface area contributed by atoms with Gasteiger partial charge in [0.15, 0.2) is 0 Å². The molecule has 0 spiro atoms. The van der Waals surface area contributed by atoms with Crippen LogP contribution in [-0.2, 0) is 20.9 Å². The third-order valence-electron chi connectivity index (χ3n) is 3.22. The van der Waals surface area contributed by atoms with E-state index in [4.69, 9.17) is 9.47 Å². The van der Waals surface area contributed by atoms with Crippen molar-refractivity contribution in [1.29, 1.82) is 0 Å². The number of hydrogen-bond acceptors (Lipinski definition) is 4. The second-order valence-electron chi connectivity index (χ2n) is 4.87. The smallest absolute Gasteiger partial charge is 0.414 e. The molecule has 2 rings (SSSR count). The molecule has 1 amide bonds. The molecular weight excluding hydrogens is 270 g/mol. The summed E-state index contributed by atoms with van der Waals surface area (Å²) in [6.45, 7) is 1.78. The Morgan fingerprint density at radius 1 is 1.24 bits per heavy atom. The van der Waals surface area contributed by atoms with Crippen molar-refractivity contribution in [2.75, 3.05) is 6.61 Å². The summed E-state index contributed by atoms with van der Waals surface area (Å²) in [6.07, 6.45) is 4.80. The molecule has 0 fully saturated rings. The zero-order valence-corrected chi connectivity index (χ0v) is 12.0. The molecule has 1 atom stereocenters. The summed E-state index contributed by atoms with van der Waals surface area (Å²) in [4.78, 5) is 24.5. The minimum Gasteiger partial charge on any atom is -0.464 e. The van der Waals surface area contributed by atoms with E-state index in [1.165, 1.54) is 11.8 Å². The van der Waals surface area contributed by atoms with Crippen LogP contribution in [0.15, 0.2) is 42.6 Å². The van der Waals surface area contributed by atoms with Crippen molar-refractivity contribution < 1.29 is 19.1 Å². The second-order valence-corrected chi connectivity index (χ2v) is 4.87. The topological polar surface area (TPSA) is 55.8 Å². The van der Waals surface area contributed by atoms with Gasteiger partial charge < -0.3 is 9.47 Å². The lowest BCUT2D eigenvalue weighted by atomic mass is 10.1. The third-order valence-corrected chi connectivity index (χ3v) is 3.22. The van der Waals surface area contributed by atoms with Crippen LogP contribution < -0.4 is 0 Å². The summed E-state index contributed by atoms with van der Waals surface area (Å²) in [7, 11) is 0. The van der Waals surface area contributed by atoms with Crippen molar-refractivity contribution in [3.8, 4) is 0 Å². The minimum absolute atomic E-state index is 0.165. The normalized spacial score (nSPS) is 17.4. The van der Waals surface area contributed by atoms with Crippen molar-refractivity contribution in [3.05, 3.63) is 48.2 Å². The SMILES string of the molecule is CC(=O)OCC1CCC=CN1C(=O)OCc1ccccc1. The highest BCUT2D eigenvalue weighted by atomic mass is 16.6. The molecule has 0 radical (unpaired) electrons. The van der Waals surface area contributed by atoms with Gasteiger partial charge in [-0.15, -0.1) is 0 Å². The first-order valence-corrected chi connectivity index (χ1v) is 6.96. The molecule has 1 unspecified atom stereocenters. The molecule has 112 valence electrons. The van der Waals surface area contributed by atoms with E-state index in [9.17, 15) is 9.59 Å². The number of carbonyl (C=O) groups excluding carboxylic acids is 2. The Morgan fingerprint density at radius 3 is 2.71 bits per heavy atom. The van der Waals surface area contributed by atoms with Crippen molar-refractivity contribution in [1.82, 2.24) is 4.90 Å². The number of esters is 1. The maximum atomic E-state index is 12.1. The third kappa shape index (κ3) is 4.63. The van der Waals surface area contributed by atoms with E-state index >= 15 is 0 Å². The molecule has 1 aliphatic rings. The average molecular weight is 289 g/mol.